The third-order valence-electron chi connectivity index (χ3n) is 3.02. The Balaban J connectivity index is 2.19. The molecule has 1 atom stereocenters. The molecule has 1 N–H and O–H groups in total. The van der Waals surface area contributed by atoms with Crippen LogP contribution in [0.4, 0.5) is 0 Å². The Morgan fingerprint density at radius 3 is 2.79 bits per heavy atom. The van der Waals surface area contributed by atoms with Gasteiger partial charge in [0, 0.05) is 5.39 Å². The molecule has 2 nitrogen and oxygen atoms in total. The number of nitrogens with one attached hydrogen (secondary N) is 1. The van der Waals surface area contributed by atoms with Crippen molar-refractivity contribution in [3.05, 3.63) is 35.6 Å². The summed E-state index contributed by atoms with van der Waals surface area (Å²) >= 11 is 0. The lowest BCUT2D eigenvalue weighted by atomic mass is 10.0. The van der Waals surface area contributed by atoms with Crippen LogP contribution in [0.2, 0.25) is 0 Å². The summed E-state index contributed by atoms with van der Waals surface area (Å²) in [5.41, 5.74) is 2.30. The minimum Gasteiger partial charge on any atom is -0.459 e. The van der Waals surface area contributed by atoms with E-state index in [2.05, 4.69) is 24.4 Å². The highest BCUT2D eigenvalue weighted by atomic mass is 16.3. The third kappa shape index (κ3) is 1.01. The van der Waals surface area contributed by atoms with Gasteiger partial charge in [-0.25, -0.2) is 0 Å². The summed E-state index contributed by atoms with van der Waals surface area (Å²) in [5, 5.41) is 4.62. The smallest absolute Gasteiger partial charge is 0.134 e. The number of aryl methyl sites for hydroxylation is 1. The molecule has 1 aliphatic heterocycles. The van der Waals surface area contributed by atoms with Gasteiger partial charge in [-0.2, -0.15) is 0 Å². The summed E-state index contributed by atoms with van der Waals surface area (Å²) in [6, 6.07) is 8.68. The minimum absolute atomic E-state index is 0.447. The van der Waals surface area contributed by atoms with Crippen molar-refractivity contribution in [3.8, 4) is 0 Å². The molecule has 2 heteroatoms. The predicted octanol–water partition coefficient (Wildman–Crippen LogP) is 2.78. The maximum absolute atomic E-state index is 5.84. The molecule has 3 rings (SSSR count). The highest BCUT2D eigenvalue weighted by Gasteiger charge is 2.24. The molecule has 1 fully saturated rings. The second kappa shape index (κ2) is 2.85. The molecule has 1 aromatic carbocycles. The molecule has 72 valence electrons. The van der Waals surface area contributed by atoms with E-state index in [-0.39, 0.29) is 0 Å². The molecule has 0 spiro atoms. The fourth-order valence-electron chi connectivity index (χ4n) is 2.04. The SMILES string of the molecule is Cc1c([C@@H]2CCN2)oc2ccccc12. The number of furan rings is 1. The van der Waals surface area contributed by atoms with Gasteiger partial charge in [-0.3, -0.25) is 0 Å². The summed E-state index contributed by atoms with van der Waals surface area (Å²) in [5.74, 6) is 1.12. The second-order valence-corrected chi connectivity index (χ2v) is 3.88. The predicted molar refractivity (Wildman–Crippen MR) is 56.3 cm³/mol. The van der Waals surface area contributed by atoms with Crippen LogP contribution in [0, 0.1) is 6.92 Å². The van der Waals surface area contributed by atoms with Gasteiger partial charge >= 0.3 is 0 Å². The summed E-state index contributed by atoms with van der Waals surface area (Å²) in [6.45, 7) is 3.25. The van der Waals surface area contributed by atoms with Gasteiger partial charge in [0.25, 0.3) is 0 Å². The van der Waals surface area contributed by atoms with Crippen LogP contribution in [-0.2, 0) is 0 Å². The summed E-state index contributed by atoms with van der Waals surface area (Å²) in [4.78, 5) is 0. The van der Waals surface area contributed by atoms with Crippen LogP contribution in [0.1, 0.15) is 23.8 Å². The number of benzene rings is 1. The molecule has 1 saturated heterocycles. The highest BCUT2D eigenvalue weighted by Crippen LogP contribution is 2.32. The number of rotatable bonds is 1. The third-order valence-corrected chi connectivity index (χ3v) is 3.02. The molecule has 0 aliphatic carbocycles. The Morgan fingerprint density at radius 1 is 1.36 bits per heavy atom. The zero-order valence-electron chi connectivity index (χ0n) is 8.21. The van der Waals surface area contributed by atoms with Gasteiger partial charge in [0.1, 0.15) is 11.3 Å². The average Bonchev–Trinajstić information content (AvgIpc) is 2.43. The summed E-state index contributed by atoms with van der Waals surface area (Å²) in [6.07, 6.45) is 1.20. The van der Waals surface area contributed by atoms with E-state index >= 15 is 0 Å². The maximum Gasteiger partial charge on any atom is 0.134 e. The topological polar surface area (TPSA) is 25.2 Å². The van der Waals surface area contributed by atoms with Gasteiger partial charge in [0.05, 0.1) is 6.04 Å². The lowest BCUT2D eigenvalue weighted by molar-refractivity contribution is 0.325. The van der Waals surface area contributed by atoms with Crippen LogP contribution >= 0.6 is 0 Å². The molecular weight excluding hydrogens is 174 g/mol. The number of para-hydroxylation sites is 1. The second-order valence-electron chi connectivity index (χ2n) is 3.88. The molecule has 2 aromatic rings. The van der Waals surface area contributed by atoms with E-state index in [0.717, 1.165) is 17.9 Å². The van der Waals surface area contributed by atoms with E-state index in [0.29, 0.717) is 6.04 Å². The first kappa shape index (κ1) is 8.06. The lowest BCUT2D eigenvalue weighted by Crippen LogP contribution is -2.35. The Hall–Kier alpha value is -1.28. The number of hydrogen-bond acceptors (Lipinski definition) is 2. The van der Waals surface area contributed by atoms with Crippen molar-refractivity contribution in [3.63, 3.8) is 0 Å². The molecule has 0 radical (unpaired) electrons. The molecule has 0 saturated carbocycles. The van der Waals surface area contributed by atoms with Crippen molar-refractivity contribution in [1.82, 2.24) is 5.32 Å². The Kier molecular flexibility index (Phi) is 1.64. The first-order valence-corrected chi connectivity index (χ1v) is 5.07. The zero-order chi connectivity index (χ0) is 9.54. The monoisotopic (exact) mass is 187 g/mol. The van der Waals surface area contributed by atoms with Crippen LogP contribution in [0.3, 0.4) is 0 Å². The highest BCUT2D eigenvalue weighted by molar-refractivity contribution is 5.82. The molecule has 2 heterocycles. The minimum atomic E-state index is 0.447. The standard InChI is InChI=1S/C12H13NO/c1-8-9-4-2-3-5-11(9)14-12(8)10-6-7-13-10/h2-5,10,13H,6-7H2,1H3/t10-/m0/s1. The maximum atomic E-state index is 5.84. The van der Waals surface area contributed by atoms with Crippen LogP contribution in [-0.4, -0.2) is 6.54 Å². The fourth-order valence-corrected chi connectivity index (χ4v) is 2.04. The van der Waals surface area contributed by atoms with Crippen LogP contribution in [0.25, 0.3) is 11.0 Å². The first-order chi connectivity index (χ1) is 6.86. The van der Waals surface area contributed by atoms with Gasteiger partial charge in [0.2, 0.25) is 0 Å². The van der Waals surface area contributed by atoms with Crippen molar-refractivity contribution in [1.29, 1.82) is 0 Å². The van der Waals surface area contributed by atoms with Crippen molar-refractivity contribution in [2.45, 2.75) is 19.4 Å². The van der Waals surface area contributed by atoms with Gasteiger partial charge < -0.3 is 9.73 Å². The van der Waals surface area contributed by atoms with E-state index in [1.807, 2.05) is 12.1 Å². The quantitative estimate of drug-likeness (QED) is 0.742. The van der Waals surface area contributed by atoms with E-state index < -0.39 is 0 Å². The van der Waals surface area contributed by atoms with Gasteiger partial charge in [-0.15, -0.1) is 0 Å². The largest absolute Gasteiger partial charge is 0.459 e. The number of hydrogen-bond donors (Lipinski definition) is 1. The molecule has 0 amide bonds. The molecular formula is C12H13NO. The summed E-state index contributed by atoms with van der Waals surface area (Å²) < 4.78 is 5.84. The fraction of sp³-hybridized carbons (Fsp3) is 0.333. The molecule has 1 aromatic heterocycles. The van der Waals surface area contributed by atoms with Crippen molar-refractivity contribution >= 4 is 11.0 Å². The van der Waals surface area contributed by atoms with Crippen LogP contribution in [0.15, 0.2) is 28.7 Å². The molecule has 0 unspecified atom stereocenters. The van der Waals surface area contributed by atoms with E-state index in [4.69, 9.17) is 4.42 Å². The van der Waals surface area contributed by atoms with E-state index in [1.165, 1.54) is 17.4 Å². The Labute approximate surface area is 82.9 Å². The normalized spacial score (nSPS) is 21.1. The van der Waals surface area contributed by atoms with Crippen LogP contribution in [0.5, 0.6) is 0 Å². The van der Waals surface area contributed by atoms with Crippen molar-refractivity contribution < 1.29 is 4.42 Å². The van der Waals surface area contributed by atoms with Crippen molar-refractivity contribution in [2.75, 3.05) is 6.54 Å². The van der Waals surface area contributed by atoms with Gasteiger partial charge in [0.15, 0.2) is 0 Å². The Morgan fingerprint density at radius 2 is 2.14 bits per heavy atom. The average molecular weight is 187 g/mol. The number of fused-ring (bicyclic) bond motifs is 1. The van der Waals surface area contributed by atoms with E-state index in [9.17, 15) is 0 Å². The summed E-state index contributed by atoms with van der Waals surface area (Å²) in [7, 11) is 0. The zero-order valence-corrected chi connectivity index (χ0v) is 8.21. The molecule has 1 aliphatic rings. The van der Waals surface area contributed by atoms with E-state index in [1.54, 1.807) is 0 Å². The first-order valence-electron chi connectivity index (χ1n) is 5.07. The molecule has 0 bridgehead atoms. The van der Waals surface area contributed by atoms with Gasteiger partial charge in [-0.05, 0) is 31.5 Å². The van der Waals surface area contributed by atoms with Gasteiger partial charge in [-0.1, -0.05) is 18.2 Å². The van der Waals surface area contributed by atoms with Crippen LogP contribution < -0.4 is 5.32 Å². The van der Waals surface area contributed by atoms with Crippen molar-refractivity contribution in [2.24, 2.45) is 0 Å². The molecule has 14 heavy (non-hydrogen) atoms. The lowest BCUT2D eigenvalue weighted by Gasteiger charge is -2.26. The Bertz CT molecular complexity index is 468.